The Morgan fingerprint density at radius 1 is 1.12 bits per heavy atom. The average Bonchev–Trinajstić information content (AvgIpc) is 3.11. The molecule has 12 heteroatoms. The molecule has 2 heterocycles. The third kappa shape index (κ3) is 4.67. The predicted molar refractivity (Wildman–Crippen MR) is 122 cm³/mol. The van der Waals surface area contributed by atoms with Crippen molar-refractivity contribution in [2.75, 3.05) is 17.6 Å². The number of benzene rings is 1. The first-order valence-corrected chi connectivity index (χ1v) is 13.1. The molecule has 0 saturated carbocycles. The molecule has 1 N–H and O–H groups in total. The number of sulfone groups is 1. The zero-order chi connectivity index (χ0) is 24.8. The van der Waals surface area contributed by atoms with Crippen molar-refractivity contribution in [2.45, 2.75) is 43.8 Å². The monoisotopic (exact) mass is 501 g/mol. The number of hydrogen-bond donors (Lipinski definition) is 1. The van der Waals surface area contributed by atoms with Crippen molar-refractivity contribution < 1.29 is 30.4 Å². The number of rotatable bonds is 7. The number of nitrogens with one attached hydrogen (secondary N) is 1. The first-order valence-electron chi connectivity index (χ1n) is 10.0. The van der Waals surface area contributed by atoms with E-state index >= 15 is 4.39 Å². The highest BCUT2D eigenvalue weighted by atomic mass is 32.2. The number of imidazole rings is 1. The fourth-order valence-corrected chi connectivity index (χ4v) is 5.65. The minimum Gasteiger partial charge on any atom is -0.495 e. The van der Waals surface area contributed by atoms with Gasteiger partial charge in [0.15, 0.2) is 15.7 Å². The van der Waals surface area contributed by atoms with Gasteiger partial charge >= 0.3 is 0 Å². The number of sulfonamides is 1. The fourth-order valence-electron chi connectivity index (χ4n) is 3.21. The molecule has 3 rings (SSSR count). The first-order chi connectivity index (χ1) is 15.2. The van der Waals surface area contributed by atoms with Crippen LogP contribution in [0.3, 0.4) is 0 Å². The minimum absolute atomic E-state index is 0.0333. The molecule has 0 aliphatic carbocycles. The fraction of sp³-hybridized carbons (Fsp3) is 0.381. The van der Waals surface area contributed by atoms with Crippen LogP contribution in [-0.2, 0) is 19.9 Å². The van der Waals surface area contributed by atoms with Gasteiger partial charge < -0.3 is 4.74 Å². The van der Waals surface area contributed by atoms with Crippen molar-refractivity contribution in [2.24, 2.45) is 0 Å². The molecular formula is C21H25F2N3O5S2. The maximum absolute atomic E-state index is 15.3. The molecule has 2 aromatic heterocycles. The highest BCUT2D eigenvalue weighted by Crippen LogP contribution is 2.36. The molecule has 180 valence electrons. The molecule has 0 fully saturated rings. The van der Waals surface area contributed by atoms with Crippen LogP contribution in [0.2, 0.25) is 0 Å². The Morgan fingerprint density at radius 3 is 2.36 bits per heavy atom. The zero-order valence-corrected chi connectivity index (χ0v) is 20.4. The summed E-state index contributed by atoms with van der Waals surface area (Å²) in [7, 11) is -6.44. The summed E-state index contributed by atoms with van der Waals surface area (Å²) in [6, 6.07) is 3.01. The maximum Gasteiger partial charge on any atom is 0.232 e. The molecule has 0 spiro atoms. The summed E-state index contributed by atoms with van der Waals surface area (Å²) in [6.45, 7) is 6.23. The summed E-state index contributed by atoms with van der Waals surface area (Å²) < 4.78 is 87.5. The molecule has 0 bridgehead atoms. The van der Waals surface area contributed by atoms with E-state index in [9.17, 15) is 21.2 Å². The largest absolute Gasteiger partial charge is 0.495 e. The summed E-state index contributed by atoms with van der Waals surface area (Å²) in [4.78, 5) is 4.01. The van der Waals surface area contributed by atoms with E-state index in [4.69, 9.17) is 4.74 Å². The minimum atomic E-state index is -3.88. The summed E-state index contributed by atoms with van der Waals surface area (Å²) >= 11 is 0. The molecule has 3 aromatic rings. The van der Waals surface area contributed by atoms with Crippen LogP contribution < -0.4 is 9.46 Å². The number of aromatic nitrogens is 2. The summed E-state index contributed by atoms with van der Waals surface area (Å²) in [5, 5.41) is 0. The Labute approximate surface area is 191 Å². The topological polar surface area (TPSA) is 107 Å². The highest BCUT2D eigenvalue weighted by Gasteiger charge is 2.34. The summed E-state index contributed by atoms with van der Waals surface area (Å²) in [5.41, 5.74) is -0.581. The van der Waals surface area contributed by atoms with Gasteiger partial charge in [-0.05, 0) is 33.3 Å². The van der Waals surface area contributed by atoms with Crippen LogP contribution >= 0.6 is 0 Å². The maximum atomic E-state index is 15.3. The van der Waals surface area contributed by atoms with E-state index in [0.29, 0.717) is 6.42 Å². The van der Waals surface area contributed by atoms with Gasteiger partial charge in [-0.2, -0.15) is 0 Å². The number of ether oxygens (including phenoxy) is 1. The van der Waals surface area contributed by atoms with Crippen molar-refractivity contribution in [1.82, 2.24) is 9.38 Å². The van der Waals surface area contributed by atoms with Crippen LogP contribution in [0.5, 0.6) is 5.75 Å². The number of halogens is 2. The molecule has 0 aliphatic heterocycles. The molecule has 33 heavy (non-hydrogen) atoms. The van der Waals surface area contributed by atoms with Crippen LogP contribution in [-0.4, -0.2) is 43.8 Å². The van der Waals surface area contributed by atoms with Crippen LogP contribution in [0.1, 0.15) is 34.1 Å². The van der Waals surface area contributed by atoms with Crippen molar-refractivity contribution in [3.63, 3.8) is 0 Å². The molecule has 0 atom stereocenters. The van der Waals surface area contributed by atoms with E-state index in [2.05, 4.69) is 9.71 Å². The van der Waals surface area contributed by atoms with Crippen molar-refractivity contribution >= 4 is 31.2 Å². The van der Waals surface area contributed by atoms with E-state index in [1.165, 1.54) is 50.7 Å². The molecule has 0 aliphatic rings. The van der Waals surface area contributed by atoms with Gasteiger partial charge in [0, 0.05) is 23.9 Å². The first kappa shape index (κ1) is 24.9. The third-order valence-electron chi connectivity index (χ3n) is 4.94. The van der Waals surface area contributed by atoms with Gasteiger partial charge in [-0.1, -0.05) is 6.92 Å². The van der Waals surface area contributed by atoms with Gasteiger partial charge in [-0.15, -0.1) is 0 Å². The van der Waals surface area contributed by atoms with Crippen LogP contribution in [0.15, 0.2) is 35.5 Å². The number of fused-ring (bicyclic) bond motifs is 1. The Kier molecular flexibility index (Phi) is 6.46. The lowest BCUT2D eigenvalue weighted by molar-refractivity contribution is 0.401. The average molecular weight is 502 g/mol. The summed E-state index contributed by atoms with van der Waals surface area (Å²) in [6.07, 6.45) is 2.77. The molecule has 0 radical (unpaired) electrons. The Hall–Kier alpha value is -2.73. The second-order valence-electron chi connectivity index (χ2n) is 8.43. The van der Waals surface area contributed by atoms with Crippen LogP contribution in [0.4, 0.5) is 14.5 Å². The van der Waals surface area contributed by atoms with Gasteiger partial charge in [-0.3, -0.25) is 9.12 Å². The van der Waals surface area contributed by atoms with E-state index in [1.807, 2.05) is 0 Å². The summed E-state index contributed by atoms with van der Waals surface area (Å²) in [5.74, 6) is -2.11. The number of pyridine rings is 1. The number of anilines is 1. The van der Waals surface area contributed by atoms with E-state index in [1.54, 1.807) is 6.92 Å². The Morgan fingerprint density at radius 2 is 1.79 bits per heavy atom. The van der Waals surface area contributed by atoms with Gasteiger partial charge in [0.2, 0.25) is 10.0 Å². The van der Waals surface area contributed by atoms with E-state index in [-0.39, 0.29) is 33.3 Å². The number of hydrogen-bond acceptors (Lipinski definition) is 6. The number of methoxy groups -OCH3 is 1. The lowest BCUT2D eigenvalue weighted by atomic mass is 10.1. The molecular weight excluding hydrogens is 476 g/mol. The van der Waals surface area contributed by atoms with Crippen molar-refractivity contribution in [3.8, 4) is 17.0 Å². The molecule has 0 amide bonds. The van der Waals surface area contributed by atoms with E-state index < -0.39 is 41.9 Å². The second-order valence-corrected chi connectivity index (χ2v) is 12.9. The third-order valence-corrected chi connectivity index (χ3v) is 8.92. The molecule has 0 unspecified atom stereocenters. The standard InChI is InChI=1S/C21H25F2N3O5S2/c1-6-7-32(27,28)25-15-9-13(22)8-14(20(15)23)16-11-24-19-10-17(31-5)18(12-26(16)19)33(29,30)21(2,3)4/h8-12,25H,6-7H2,1-5H3. The zero-order valence-electron chi connectivity index (χ0n) is 18.8. The Balaban J connectivity index is 2.27. The van der Waals surface area contributed by atoms with Gasteiger partial charge in [0.05, 0.1) is 35.2 Å². The second kappa shape index (κ2) is 8.56. The quantitative estimate of drug-likeness (QED) is 0.524. The lowest BCUT2D eigenvalue weighted by Crippen LogP contribution is -2.28. The Bertz CT molecular complexity index is 1430. The smallest absolute Gasteiger partial charge is 0.232 e. The predicted octanol–water partition coefficient (Wildman–Crippen LogP) is 4.01. The highest BCUT2D eigenvalue weighted by molar-refractivity contribution is 7.93. The van der Waals surface area contributed by atoms with Gasteiger partial charge in [0.25, 0.3) is 0 Å². The molecule has 1 aromatic carbocycles. The van der Waals surface area contributed by atoms with Crippen molar-refractivity contribution in [3.05, 3.63) is 42.2 Å². The van der Waals surface area contributed by atoms with E-state index in [0.717, 1.165) is 12.1 Å². The van der Waals surface area contributed by atoms with Crippen molar-refractivity contribution in [1.29, 1.82) is 0 Å². The molecule has 8 nitrogen and oxygen atoms in total. The number of nitrogens with zero attached hydrogens (tertiary/aromatic N) is 2. The van der Waals surface area contributed by atoms with Crippen LogP contribution in [0.25, 0.3) is 16.9 Å². The lowest BCUT2D eigenvalue weighted by Gasteiger charge is -2.21. The van der Waals surface area contributed by atoms with Gasteiger partial charge in [0.1, 0.15) is 22.1 Å². The normalized spacial score (nSPS) is 12.8. The molecule has 0 saturated heterocycles. The van der Waals surface area contributed by atoms with Gasteiger partial charge in [-0.25, -0.2) is 30.6 Å². The van der Waals surface area contributed by atoms with Crippen LogP contribution in [0, 0.1) is 11.6 Å². The SMILES string of the molecule is CCCS(=O)(=O)Nc1cc(F)cc(-c2cnc3cc(OC)c(S(=O)(=O)C(C)(C)C)cn23)c1F.